The zero-order valence-electron chi connectivity index (χ0n) is 9.27. The average Bonchev–Trinajstić information content (AvgIpc) is 2.54. The van der Waals surface area contributed by atoms with Crippen molar-refractivity contribution in [3.63, 3.8) is 0 Å². The first-order valence-corrected chi connectivity index (χ1v) is 5.17. The Balaban J connectivity index is 2.61. The molecule has 2 aromatic rings. The van der Waals surface area contributed by atoms with Crippen LogP contribution in [0.5, 0.6) is 0 Å². The summed E-state index contributed by atoms with van der Waals surface area (Å²) in [6, 6.07) is 3.77. The van der Waals surface area contributed by atoms with Gasteiger partial charge < -0.3 is 5.11 Å². The van der Waals surface area contributed by atoms with Crippen LogP contribution < -0.4 is 0 Å². The molecule has 0 saturated carbocycles. The second kappa shape index (κ2) is 3.92. The topological polar surface area (TPSA) is 67.5 Å². The Kier molecular flexibility index (Phi) is 2.60. The fraction of sp³-hybridized carbons (Fsp3) is 0.364. The number of carbonyl (C=O) groups is 1. The van der Waals surface area contributed by atoms with Crippen molar-refractivity contribution in [1.82, 2.24) is 14.6 Å². The molecule has 2 heterocycles. The quantitative estimate of drug-likeness (QED) is 0.843. The maximum Gasteiger partial charge on any atom is 0.309 e. The molecular formula is C11H13N3O2. The van der Waals surface area contributed by atoms with Crippen molar-refractivity contribution >= 4 is 11.6 Å². The van der Waals surface area contributed by atoms with Crippen LogP contribution in [0.1, 0.15) is 24.0 Å². The molecule has 2 aromatic heterocycles. The Morgan fingerprint density at radius 1 is 1.50 bits per heavy atom. The summed E-state index contributed by atoms with van der Waals surface area (Å²) < 4.78 is 1.63. The highest BCUT2D eigenvalue weighted by molar-refractivity contribution is 5.70. The van der Waals surface area contributed by atoms with Gasteiger partial charge >= 0.3 is 5.97 Å². The van der Waals surface area contributed by atoms with E-state index in [-0.39, 0.29) is 6.42 Å². The first-order chi connectivity index (χ1) is 7.61. The Hall–Kier alpha value is -1.91. The van der Waals surface area contributed by atoms with Gasteiger partial charge in [-0.05, 0) is 25.5 Å². The van der Waals surface area contributed by atoms with Crippen LogP contribution in [0.15, 0.2) is 12.1 Å². The second-order valence-electron chi connectivity index (χ2n) is 3.66. The number of hydrogen-bond donors (Lipinski definition) is 1. The van der Waals surface area contributed by atoms with E-state index in [1.165, 1.54) is 0 Å². The van der Waals surface area contributed by atoms with Gasteiger partial charge in [-0.1, -0.05) is 6.92 Å². The van der Waals surface area contributed by atoms with Crippen LogP contribution in [0.25, 0.3) is 5.65 Å². The SMILES string of the molecule is CCc1ccc2nc(C)c(CC(=O)O)n2n1. The number of fused-ring (bicyclic) bond motifs is 1. The van der Waals surface area contributed by atoms with E-state index in [0.29, 0.717) is 11.3 Å². The van der Waals surface area contributed by atoms with Gasteiger partial charge in [0.15, 0.2) is 5.65 Å². The molecule has 0 aromatic carbocycles. The number of rotatable bonds is 3. The molecule has 0 spiro atoms. The van der Waals surface area contributed by atoms with Gasteiger partial charge in [0, 0.05) is 0 Å². The maximum absolute atomic E-state index is 10.7. The van der Waals surface area contributed by atoms with Crippen LogP contribution in [0, 0.1) is 6.92 Å². The van der Waals surface area contributed by atoms with Crippen LogP contribution in [0.2, 0.25) is 0 Å². The minimum Gasteiger partial charge on any atom is -0.481 e. The lowest BCUT2D eigenvalue weighted by molar-refractivity contribution is -0.136. The lowest BCUT2D eigenvalue weighted by atomic mass is 10.2. The van der Waals surface area contributed by atoms with Gasteiger partial charge in [-0.2, -0.15) is 5.10 Å². The van der Waals surface area contributed by atoms with Crippen LogP contribution in [0.4, 0.5) is 0 Å². The van der Waals surface area contributed by atoms with Crippen LogP contribution in [0.3, 0.4) is 0 Å². The summed E-state index contributed by atoms with van der Waals surface area (Å²) in [5, 5.41) is 13.2. The second-order valence-corrected chi connectivity index (χ2v) is 3.66. The highest BCUT2D eigenvalue weighted by atomic mass is 16.4. The van der Waals surface area contributed by atoms with E-state index in [1.807, 2.05) is 19.1 Å². The first-order valence-electron chi connectivity index (χ1n) is 5.17. The molecule has 0 aliphatic heterocycles. The Morgan fingerprint density at radius 3 is 2.88 bits per heavy atom. The minimum absolute atomic E-state index is 0.0484. The molecule has 16 heavy (non-hydrogen) atoms. The molecule has 0 saturated heterocycles. The van der Waals surface area contributed by atoms with Gasteiger partial charge in [0.1, 0.15) is 0 Å². The fourth-order valence-corrected chi connectivity index (χ4v) is 1.66. The third-order valence-corrected chi connectivity index (χ3v) is 2.51. The molecule has 0 atom stereocenters. The molecule has 0 bridgehead atoms. The van der Waals surface area contributed by atoms with Crippen LogP contribution in [-0.4, -0.2) is 25.7 Å². The Bertz CT molecular complexity index is 545. The van der Waals surface area contributed by atoms with E-state index >= 15 is 0 Å². The third-order valence-electron chi connectivity index (χ3n) is 2.51. The molecule has 0 fully saturated rings. The van der Waals surface area contributed by atoms with Crippen molar-refractivity contribution in [2.24, 2.45) is 0 Å². The molecular weight excluding hydrogens is 206 g/mol. The van der Waals surface area contributed by atoms with E-state index in [9.17, 15) is 4.79 Å². The molecule has 5 nitrogen and oxygen atoms in total. The molecule has 84 valence electrons. The zero-order valence-corrected chi connectivity index (χ0v) is 9.27. The summed E-state index contributed by atoms with van der Waals surface area (Å²) in [5.74, 6) is -0.867. The lowest BCUT2D eigenvalue weighted by Crippen LogP contribution is -2.07. The van der Waals surface area contributed by atoms with E-state index < -0.39 is 5.97 Å². The maximum atomic E-state index is 10.7. The summed E-state index contributed by atoms with van der Waals surface area (Å²) in [5.41, 5.74) is 3.00. The van der Waals surface area contributed by atoms with Gasteiger partial charge in [-0.15, -0.1) is 0 Å². The normalized spacial score (nSPS) is 10.9. The summed E-state index contributed by atoms with van der Waals surface area (Å²) in [6.45, 7) is 3.81. The van der Waals surface area contributed by atoms with Crippen molar-refractivity contribution < 1.29 is 9.90 Å². The van der Waals surface area contributed by atoms with Crippen molar-refractivity contribution in [1.29, 1.82) is 0 Å². The largest absolute Gasteiger partial charge is 0.481 e. The molecule has 5 heteroatoms. The number of imidazole rings is 1. The van der Waals surface area contributed by atoms with E-state index in [1.54, 1.807) is 11.4 Å². The van der Waals surface area contributed by atoms with Crippen LogP contribution in [-0.2, 0) is 17.6 Å². The predicted octanol–water partition coefficient (Wildman–Crippen LogP) is 1.23. The highest BCUT2D eigenvalue weighted by Gasteiger charge is 2.13. The van der Waals surface area contributed by atoms with Crippen LogP contribution >= 0.6 is 0 Å². The summed E-state index contributed by atoms with van der Waals surface area (Å²) in [4.78, 5) is 15.0. The van der Waals surface area contributed by atoms with E-state index in [4.69, 9.17) is 5.11 Å². The highest BCUT2D eigenvalue weighted by Crippen LogP contribution is 2.12. The first kappa shape index (κ1) is 10.6. The predicted molar refractivity (Wildman–Crippen MR) is 58.4 cm³/mol. The molecule has 0 amide bonds. The van der Waals surface area contributed by atoms with Crippen molar-refractivity contribution in [3.8, 4) is 0 Å². The van der Waals surface area contributed by atoms with Gasteiger partial charge in [0.05, 0.1) is 23.5 Å². The number of aliphatic carboxylic acids is 1. The molecule has 1 N–H and O–H groups in total. The lowest BCUT2D eigenvalue weighted by Gasteiger charge is -2.00. The van der Waals surface area contributed by atoms with E-state index in [0.717, 1.165) is 17.8 Å². The minimum atomic E-state index is -0.867. The number of aromatic nitrogens is 3. The van der Waals surface area contributed by atoms with Gasteiger partial charge in [-0.25, -0.2) is 9.50 Å². The third kappa shape index (κ3) is 1.76. The van der Waals surface area contributed by atoms with Gasteiger partial charge in [-0.3, -0.25) is 4.79 Å². The van der Waals surface area contributed by atoms with Gasteiger partial charge in [0.2, 0.25) is 0 Å². The Morgan fingerprint density at radius 2 is 2.25 bits per heavy atom. The van der Waals surface area contributed by atoms with Crippen molar-refractivity contribution in [2.45, 2.75) is 26.7 Å². The van der Waals surface area contributed by atoms with Crippen molar-refractivity contribution in [3.05, 3.63) is 29.2 Å². The Labute approximate surface area is 92.7 Å². The molecule has 0 radical (unpaired) electrons. The van der Waals surface area contributed by atoms with Crippen molar-refractivity contribution in [2.75, 3.05) is 0 Å². The molecule has 0 aliphatic rings. The molecule has 0 unspecified atom stereocenters. The number of hydrogen-bond acceptors (Lipinski definition) is 3. The summed E-state index contributed by atoms with van der Waals surface area (Å²) >= 11 is 0. The molecule has 2 rings (SSSR count). The van der Waals surface area contributed by atoms with Gasteiger partial charge in [0.25, 0.3) is 0 Å². The standard InChI is InChI=1S/C11H13N3O2/c1-3-8-4-5-10-12-7(2)9(6-11(15)16)14(10)13-8/h4-5H,3,6H2,1-2H3,(H,15,16). The molecule has 0 aliphatic carbocycles. The zero-order chi connectivity index (χ0) is 11.7. The smallest absolute Gasteiger partial charge is 0.309 e. The fourth-order valence-electron chi connectivity index (χ4n) is 1.66. The summed E-state index contributed by atoms with van der Waals surface area (Å²) in [6.07, 6.45) is 0.771. The number of nitrogens with zero attached hydrogens (tertiary/aromatic N) is 3. The average molecular weight is 219 g/mol. The number of aryl methyl sites for hydroxylation is 2. The monoisotopic (exact) mass is 219 g/mol. The van der Waals surface area contributed by atoms with E-state index in [2.05, 4.69) is 10.1 Å². The number of carboxylic acids is 1. The number of carboxylic acid groups (broad SMARTS) is 1. The summed E-state index contributed by atoms with van der Waals surface area (Å²) in [7, 11) is 0.